The molecule has 0 saturated carbocycles. The lowest BCUT2D eigenvalue weighted by atomic mass is 10.3. The quantitative estimate of drug-likeness (QED) is 0.711. The summed E-state index contributed by atoms with van der Waals surface area (Å²) < 4.78 is 1.61. The standard InChI is InChI=1S/C10H14N6/c11-4-1-5-13-9-2-3-10(14-6-9)16-8-12-7-15-16/h2-3,6-8,13H,1,4-5,11H2. The average molecular weight is 218 g/mol. The summed E-state index contributed by atoms with van der Waals surface area (Å²) in [6.07, 6.45) is 5.82. The maximum absolute atomic E-state index is 5.41. The van der Waals surface area contributed by atoms with Crippen molar-refractivity contribution in [1.29, 1.82) is 0 Å². The minimum absolute atomic E-state index is 0.692. The van der Waals surface area contributed by atoms with E-state index in [2.05, 4.69) is 20.4 Å². The van der Waals surface area contributed by atoms with Gasteiger partial charge in [0.05, 0.1) is 11.9 Å². The molecule has 0 aromatic carbocycles. The van der Waals surface area contributed by atoms with Crippen molar-refractivity contribution in [3.63, 3.8) is 0 Å². The molecular formula is C10H14N6. The Bertz CT molecular complexity index is 407. The van der Waals surface area contributed by atoms with Gasteiger partial charge in [-0.05, 0) is 25.1 Å². The Morgan fingerprint density at radius 1 is 1.38 bits per heavy atom. The van der Waals surface area contributed by atoms with Crippen LogP contribution < -0.4 is 11.1 Å². The predicted octanol–water partition coefficient (Wildman–Crippen LogP) is 0.423. The van der Waals surface area contributed by atoms with E-state index in [0.29, 0.717) is 6.54 Å². The molecule has 6 nitrogen and oxygen atoms in total. The maximum Gasteiger partial charge on any atom is 0.155 e. The van der Waals surface area contributed by atoms with Gasteiger partial charge in [-0.25, -0.2) is 14.6 Å². The third kappa shape index (κ3) is 2.54. The third-order valence-corrected chi connectivity index (χ3v) is 2.11. The number of nitrogens with zero attached hydrogens (tertiary/aromatic N) is 4. The number of hydrogen-bond acceptors (Lipinski definition) is 5. The summed E-state index contributed by atoms with van der Waals surface area (Å²) in [4.78, 5) is 8.13. The number of rotatable bonds is 5. The van der Waals surface area contributed by atoms with Crippen LogP contribution in [0.5, 0.6) is 0 Å². The van der Waals surface area contributed by atoms with E-state index in [1.165, 1.54) is 6.33 Å². The average Bonchev–Trinajstić information content (AvgIpc) is 2.84. The van der Waals surface area contributed by atoms with E-state index in [0.717, 1.165) is 24.5 Å². The van der Waals surface area contributed by atoms with Crippen LogP contribution >= 0.6 is 0 Å². The largest absolute Gasteiger partial charge is 0.384 e. The highest BCUT2D eigenvalue weighted by Gasteiger charge is 1.98. The van der Waals surface area contributed by atoms with Gasteiger partial charge < -0.3 is 11.1 Å². The second kappa shape index (κ2) is 5.22. The highest BCUT2D eigenvalue weighted by atomic mass is 15.3. The molecule has 0 unspecified atom stereocenters. The lowest BCUT2D eigenvalue weighted by molar-refractivity contribution is 0.843. The molecule has 2 aromatic rings. The highest BCUT2D eigenvalue weighted by molar-refractivity contribution is 5.43. The molecule has 84 valence electrons. The summed E-state index contributed by atoms with van der Waals surface area (Å²) in [6.45, 7) is 1.55. The van der Waals surface area contributed by atoms with E-state index >= 15 is 0 Å². The molecule has 2 heterocycles. The van der Waals surface area contributed by atoms with Crippen molar-refractivity contribution >= 4 is 5.69 Å². The molecule has 3 N–H and O–H groups in total. The molecule has 2 aromatic heterocycles. The van der Waals surface area contributed by atoms with Gasteiger partial charge in [-0.15, -0.1) is 0 Å². The molecule has 0 amide bonds. The molecule has 0 saturated heterocycles. The molecule has 0 aliphatic heterocycles. The van der Waals surface area contributed by atoms with Crippen molar-refractivity contribution in [1.82, 2.24) is 19.7 Å². The number of nitrogens with two attached hydrogens (primary N) is 1. The van der Waals surface area contributed by atoms with E-state index < -0.39 is 0 Å². The minimum atomic E-state index is 0.692. The Kier molecular flexibility index (Phi) is 3.45. The van der Waals surface area contributed by atoms with Crippen LogP contribution in [0.25, 0.3) is 5.82 Å². The Morgan fingerprint density at radius 3 is 2.94 bits per heavy atom. The van der Waals surface area contributed by atoms with Crippen LogP contribution in [0.2, 0.25) is 0 Å². The van der Waals surface area contributed by atoms with Gasteiger partial charge in [0.1, 0.15) is 12.7 Å². The lowest BCUT2D eigenvalue weighted by Crippen LogP contribution is -2.08. The number of anilines is 1. The van der Waals surface area contributed by atoms with E-state index in [1.54, 1.807) is 17.2 Å². The van der Waals surface area contributed by atoms with Crippen LogP contribution in [-0.2, 0) is 0 Å². The molecular weight excluding hydrogens is 204 g/mol. The summed E-state index contributed by atoms with van der Waals surface area (Å²) in [5, 5.41) is 7.23. The zero-order chi connectivity index (χ0) is 11.2. The first-order valence-corrected chi connectivity index (χ1v) is 5.15. The monoisotopic (exact) mass is 218 g/mol. The maximum atomic E-state index is 5.41. The van der Waals surface area contributed by atoms with Gasteiger partial charge in [0, 0.05) is 6.54 Å². The summed E-state index contributed by atoms with van der Waals surface area (Å²) in [5.74, 6) is 0.752. The van der Waals surface area contributed by atoms with Crippen LogP contribution in [0, 0.1) is 0 Å². The zero-order valence-corrected chi connectivity index (χ0v) is 8.87. The van der Waals surface area contributed by atoms with Gasteiger partial charge in [0.2, 0.25) is 0 Å². The van der Waals surface area contributed by atoms with E-state index in [-0.39, 0.29) is 0 Å². The molecule has 0 radical (unpaired) electrons. The molecule has 6 heteroatoms. The van der Waals surface area contributed by atoms with E-state index in [9.17, 15) is 0 Å². The third-order valence-electron chi connectivity index (χ3n) is 2.11. The second-order valence-corrected chi connectivity index (χ2v) is 3.31. The Balaban J connectivity index is 2.00. The lowest BCUT2D eigenvalue weighted by Gasteiger charge is -2.05. The van der Waals surface area contributed by atoms with Crippen LogP contribution in [0.3, 0.4) is 0 Å². The fourth-order valence-corrected chi connectivity index (χ4v) is 1.29. The van der Waals surface area contributed by atoms with Crippen molar-refractivity contribution in [3.05, 3.63) is 31.0 Å². The number of aromatic nitrogens is 4. The zero-order valence-electron chi connectivity index (χ0n) is 8.87. The van der Waals surface area contributed by atoms with Crippen LogP contribution in [0.4, 0.5) is 5.69 Å². The fraction of sp³-hybridized carbons (Fsp3) is 0.300. The van der Waals surface area contributed by atoms with Gasteiger partial charge >= 0.3 is 0 Å². The van der Waals surface area contributed by atoms with Crippen LogP contribution in [-0.4, -0.2) is 32.8 Å². The molecule has 2 rings (SSSR count). The Morgan fingerprint density at radius 2 is 2.31 bits per heavy atom. The van der Waals surface area contributed by atoms with Crippen molar-refractivity contribution < 1.29 is 0 Å². The van der Waals surface area contributed by atoms with Crippen LogP contribution in [0.15, 0.2) is 31.0 Å². The smallest absolute Gasteiger partial charge is 0.155 e. The summed E-state index contributed by atoms with van der Waals surface area (Å²) in [7, 11) is 0. The van der Waals surface area contributed by atoms with Crippen molar-refractivity contribution in [2.75, 3.05) is 18.4 Å². The van der Waals surface area contributed by atoms with Crippen molar-refractivity contribution in [2.45, 2.75) is 6.42 Å². The van der Waals surface area contributed by atoms with Gasteiger partial charge in [0.25, 0.3) is 0 Å². The molecule has 0 fully saturated rings. The van der Waals surface area contributed by atoms with Crippen molar-refractivity contribution in [2.24, 2.45) is 5.73 Å². The second-order valence-electron chi connectivity index (χ2n) is 3.31. The summed E-state index contributed by atoms with van der Waals surface area (Å²) in [5.41, 5.74) is 6.39. The first-order chi connectivity index (χ1) is 7.90. The first kappa shape index (κ1) is 10.6. The number of pyridine rings is 1. The normalized spacial score (nSPS) is 10.3. The fourth-order valence-electron chi connectivity index (χ4n) is 1.29. The summed E-state index contributed by atoms with van der Waals surface area (Å²) >= 11 is 0. The molecule has 0 spiro atoms. The summed E-state index contributed by atoms with van der Waals surface area (Å²) in [6, 6.07) is 3.85. The molecule has 16 heavy (non-hydrogen) atoms. The van der Waals surface area contributed by atoms with Gasteiger partial charge in [-0.1, -0.05) is 0 Å². The van der Waals surface area contributed by atoms with E-state index in [1.807, 2.05) is 12.1 Å². The number of nitrogens with one attached hydrogen (secondary N) is 1. The molecule has 0 aliphatic carbocycles. The number of hydrogen-bond donors (Lipinski definition) is 2. The molecule has 0 bridgehead atoms. The van der Waals surface area contributed by atoms with Gasteiger partial charge in [-0.2, -0.15) is 5.10 Å². The van der Waals surface area contributed by atoms with Crippen LogP contribution in [0.1, 0.15) is 6.42 Å². The van der Waals surface area contributed by atoms with Gasteiger partial charge in [0.15, 0.2) is 5.82 Å². The highest BCUT2D eigenvalue weighted by Crippen LogP contribution is 2.08. The van der Waals surface area contributed by atoms with Gasteiger partial charge in [-0.3, -0.25) is 0 Å². The SMILES string of the molecule is NCCCNc1ccc(-n2cncn2)nc1. The topological polar surface area (TPSA) is 81.6 Å². The first-order valence-electron chi connectivity index (χ1n) is 5.15. The molecule has 0 aliphatic rings. The van der Waals surface area contributed by atoms with E-state index in [4.69, 9.17) is 5.73 Å². The Labute approximate surface area is 93.5 Å². The molecule has 0 atom stereocenters. The van der Waals surface area contributed by atoms with Crippen molar-refractivity contribution in [3.8, 4) is 5.82 Å². The predicted molar refractivity (Wildman–Crippen MR) is 61.3 cm³/mol. The Hall–Kier alpha value is -1.95. The minimum Gasteiger partial charge on any atom is -0.384 e.